The van der Waals surface area contributed by atoms with E-state index >= 15 is 0 Å². The summed E-state index contributed by atoms with van der Waals surface area (Å²) in [6.07, 6.45) is 7.52. The minimum absolute atomic E-state index is 0.0993. The van der Waals surface area contributed by atoms with Crippen LogP contribution in [-0.4, -0.2) is 61.2 Å². The zero-order valence-electron chi connectivity index (χ0n) is 17.4. The maximum absolute atomic E-state index is 13.1. The molecule has 3 aliphatic rings. The van der Waals surface area contributed by atoms with Gasteiger partial charge in [-0.1, -0.05) is 6.07 Å². The van der Waals surface area contributed by atoms with Crippen LogP contribution < -0.4 is 10.2 Å². The minimum Gasteiger partial charge on any atom is -0.469 e. The van der Waals surface area contributed by atoms with Gasteiger partial charge in [-0.05, 0) is 62.6 Å². The van der Waals surface area contributed by atoms with E-state index in [0.29, 0.717) is 24.9 Å². The number of methoxy groups -OCH3 is 1. The summed E-state index contributed by atoms with van der Waals surface area (Å²) in [6.45, 7) is 3.43. The van der Waals surface area contributed by atoms with Crippen LogP contribution >= 0.6 is 0 Å². The number of anilines is 1. The number of nitrogens with one attached hydrogen (secondary N) is 1. The van der Waals surface area contributed by atoms with Crippen molar-refractivity contribution in [2.45, 2.75) is 57.4 Å². The average molecular weight is 401 g/mol. The van der Waals surface area contributed by atoms with Crippen LogP contribution in [0.3, 0.4) is 0 Å². The second-order valence-corrected chi connectivity index (χ2v) is 8.44. The summed E-state index contributed by atoms with van der Waals surface area (Å²) in [5, 5.41) is 3.41. The molecule has 0 radical (unpaired) electrons. The van der Waals surface area contributed by atoms with Gasteiger partial charge in [-0.3, -0.25) is 9.69 Å². The standard InChI is InChI=1S/C22H32N4O3/c1-29-21(27)9-4-16-2-6-18(7-3-16)25-14-15-26(22(25)28)20-8-5-17-10-12-23-13-11-19(17)24-20/h5,8,16,18,23H,2-4,6-7,9-15H2,1H3. The van der Waals surface area contributed by atoms with Crippen LogP contribution in [0.2, 0.25) is 0 Å². The van der Waals surface area contributed by atoms with Gasteiger partial charge in [-0.15, -0.1) is 0 Å². The van der Waals surface area contributed by atoms with E-state index in [1.165, 1.54) is 12.7 Å². The summed E-state index contributed by atoms with van der Waals surface area (Å²) < 4.78 is 4.75. The van der Waals surface area contributed by atoms with Crippen molar-refractivity contribution in [2.24, 2.45) is 5.92 Å². The van der Waals surface area contributed by atoms with Crippen molar-refractivity contribution in [3.05, 3.63) is 23.4 Å². The average Bonchev–Trinajstić information content (AvgIpc) is 2.98. The Balaban J connectivity index is 1.34. The number of hydrogen-bond donors (Lipinski definition) is 1. The molecule has 158 valence electrons. The fourth-order valence-corrected chi connectivity index (χ4v) is 4.94. The van der Waals surface area contributed by atoms with E-state index in [1.807, 2.05) is 15.9 Å². The first-order valence-electron chi connectivity index (χ1n) is 11.0. The van der Waals surface area contributed by atoms with Crippen molar-refractivity contribution in [1.82, 2.24) is 15.2 Å². The predicted molar refractivity (Wildman–Crippen MR) is 111 cm³/mol. The Morgan fingerprint density at radius 3 is 2.76 bits per heavy atom. The second-order valence-electron chi connectivity index (χ2n) is 8.44. The van der Waals surface area contributed by atoms with Gasteiger partial charge in [0.2, 0.25) is 0 Å². The third-order valence-electron chi connectivity index (χ3n) is 6.72. The maximum atomic E-state index is 13.1. The molecule has 1 saturated heterocycles. The lowest BCUT2D eigenvalue weighted by Crippen LogP contribution is -2.41. The van der Waals surface area contributed by atoms with E-state index < -0.39 is 0 Å². The molecule has 1 aromatic rings. The molecule has 2 aliphatic heterocycles. The third kappa shape index (κ3) is 4.55. The molecule has 7 heteroatoms. The van der Waals surface area contributed by atoms with E-state index in [1.54, 1.807) is 0 Å². The second kappa shape index (κ2) is 9.11. The first-order chi connectivity index (χ1) is 14.2. The number of hydrogen-bond acceptors (Lipinski definition) is 5. The summed E-state index contributed by atoms with van der Waals surface area (Å²) in [6, 6.07) is 4.57. The summed E-state index contributed by atoms with van der Waals surface area (Å²) in [4.78, 5) is 33.2. The molecular weight excluding hydrogens is 368 g/mol. The number of urea groups is 1. The molecule has 0 aromatic carbocycles. The molecule has 1 saturated carbocycles. The van der Waals surface area contributed by atoms with Crippen LogP contribution in [0.25, 0.3) is 0 Å². The van der Waals surface area contributed by atoms with E-state index in [0.717, 1.165) is 76.1 Å². The van der Waals surface area contributed by atoms with Gasteiger partial charge in [-0.2, -0.15) is 0 Å². The molecular formula is C22H32N4O3. The number of fused-ring (bicyclic) bond motifs is 1. The van der Waals surface area contributed by atoms with Crippen molar-refractivity contribution in [3.63, 3.8) is 0 Å². The van der Waals surface area contributed by atoms with E-state index in [-0.39, 0.29) is 12.0 Å². The lowest BCUT2D eigenvalue weighted by molar-refractivity contribution is -0.141. The highest BCUT2D eigenvalue weighted by Gasteiger charge is 2.37. The third-order valence-corrected chi connectivity index (χ3v) is 6.72. The van der Waals surface area contributed by atoms with Crippen LogP contribution in [-0.2, 0) is 22.4 Å². The van der Waals surface area contributed by atoms with Gasteiger partial charge in [-0.25, -0.2) is 9.78 Å². The fourth-order valence-electron chi connectivity index (χ4n) is 4.94. The first kappa shape index (κ1) is 20.1. The van der Waals surface area contributed by atoms with E-state index in [9.17, 15) is 9.59 Å². The Hall–Kier alpha value is -2.15. The number of ether oxygens (including phenoxy) is 1. The van der Waals surface area contributed by atoms with Crippen LogP contribution in [0.5, 0.6) is 0 Å². The monoisotopic (exact) mass is 400 g/mol. The number of nitrogens with zero attached hydrogens (tertiary/aromatic N) is 3. The first-order valence-corrected chi connectivity index (χ1v) is 11.0. The Kier molecular flexibility index (Phi) is 6.33. The quantitative estimate of drug-likeness (QED) is 0.769. The van der Waals surface area contributed by atoms with Gasteiger partial charge in [0.1, 0.15) is 5.82 Å². The molecule has 0 spiro atoms. The van der Waals surface area contributed by atoms with Gasteiger partial charge < -0.3 is 15.0 Å². The molecule has 0 bridgehead atoms. The molecule has 0 atom stereocenters. The highest BCUT2D eigenvalue weighted by atomic mass is 16.5. The van der Waals surface area contributed by atoms with E-state index in [4.69, 9.17) is 9.72 Å². The molecule has 29 heavy (non-hydrogen) atoms. The predicted octanol–water partition coefficient (Wildman–Crippen LogP) is 2.52. The Bertz CT molecular complexity index is 746. The number of pyridine rings is 1. The van der Waals surface area contributed by atoms with Crippen molar-refractivity contribution < 1.29 is 14.3 Å². The molecule has 2 amide bonds. The fraction of sp³-hybridized carbons (Fsp3) is 0.682. The molecule has 1 N–H and O–H groups in total. The lowest BCUT2D eigenvalue weighted by Gasteiger charge is -2.34. The minimum atomic E-state index is -0.124. The number of carbonyl (C=O) groups is 2. The van der Waals surface area contributed by atoms with Crippen LogP contribution in [0, 0.1) is 5.92 Å². The smallest absolute Gasteiger partial charge is 0.326 e. The van der Waals surface area contributed by atoms with Gasteiger partial charge in [0.05, 0.1) is 7.11 Å². The van der Waals surface area contributed by atoms with Gasteiger partial charge in [0.15, 0.2) is 0 Å². The number of rotatable bonds is 5. The van der Waals surface area contributed by atoms with Crippen LogP contribution in [0.1, 0.15) is 49.8 Å². The normalized spacial score (nSPS) is 24.9. The molecule has 1 aromatic heterocycles. The highest BCUT2D eigenvalue weighted by molar-refractivity contribution is 5.93. The lowest BCUT2D eigenvalue weighted by atomic mass is 9.83. The summed E-state index contributed by atoms with van der Waals surface area (Å²) in [5.74, 6) is 1.24. The Morgan fingerprint density at radius 2 is 1.97 bits per heavy atom. The van der Waals surface area contributed by atoms with Gasteiger partial charge in [0, 0.05) is 44.2 Å². The maximum Gasteiger partial charge on any atom is 0.326 e. The number of aromatic nitrogens is 1. The topological polar surface area (TPSA) is 74.8 Å². The Morgan fingerprint density at radius 1 is 1.17 bits per heavy atom. The van der Waals surface area contributed by atoms with Crippen LogP contribution in [0.15, 0.2) is 12.1 Å². The summed E-state index contributed by atoms with van der Waals surface area (Å²) in [7, 11) is 1.44. The number of carbonyl (C=O) groups excluding carboxylic acids is 2. The molecule has 3 heterocycles. The van der Waals surface area contributed by atoms with E-state index in [2.05, 4.69) is 11.4 Å². The van der Waals surface area contributed by atoms with Gasteiger partial charge in [0.25, 0.3) is 0 Å². The zero-order chi connectivity index (χ0) is 20.2. The van der Waals surface area contributed by atoms with Gasteiger partial charge >= 0.3 is 12.0 Å². The molecule has 0 unspecified atom stereocenters. The molecule has 2 fully saturated rings. The zero-order valence-corrected chi connectivity index (χ0v) is 17.4. The van der Waals surface area contributed by atoms with Crippen molar-refractivity contribution in [2.75, 3.05) is 38.2 Å². The number of amides is 2. The largest absolute Gasteiger partial charge is 0.469 e. The highest BCUT2D eigenvalue weighted by Crippen LogP contribution is 2.33. The molecule has 7 nitrogen and oxygen atoms in total. The Labute approximate surface area is 172 Å². The molecule has 4 rings (SSSR count). The van der Waals surface area contributed by atoms with Crippen LogP contribution in [0.4, 0.5) is 10.6 Å². The summed E-state index contributed by atoms with van der Waals surface area (Å²) >= 11 is 0. The number of esters is 1. The SMILES string of the molecule is COC(=O)CCC1CCC(N2CCN(c3ccc4c(n3)CCNCC4)C2=O)CC1. The summed E-state index contributed by atoms with van der Waals surface area (Å²) in [5.41, 5.74) is 2.43. The molecule has 1 aliphatic carbocycles. The van der Waals surface area contributed by atoms with Crippen molar-refractivity contribution in [1.29, 1.82) is 0 Å². The van der Waals surface area contributed by atoms with Crippen molar-refractivity contribution >= 4 is 17.8 Å². The van der Waals surface area contributed by atoms with Crippen molar-refractivity contribution in [3.8, 4) is 0 Å².